The van der Waals surface area contributed by atoms with Gasteiger partial charge < -0.3 is 5.11 Å². The summed E-state index contributed by atoms with van der Waals surface area (Å²) in [6.07, 6.45) is 11.4. The molecule has 3 aromatic rings. The van der Waals surface area contributed by atoms with Gasteiger partial charge >= 0.3 is 0 Å². The molecule has 1 heteroatoms. The SMILES string of the molecule is CCCCCc1ccccc1Cc1cccc(O)c1Cc1ccccc1CCCCC. The van der Waals surface area contributed by atoms with Gasteiger partial charge in [0.15, 0.2) is 0 Å². The maximum Gasteiger partial charge on any atom is 0.119 e. The molecule has 0 unspecified atom stereocenters. The molecular formula is C30H38O. The quantitative estimate of drug-likeness (QED) is 0.297. The van der Waals surface area contributed by atoms with E-state index < -0.39 is 0 Å². The number of hydrogen-bond donors (Lipinski definition) is 1. The third-order valence-electron chi connectivity index (χ3n) is 6.33. The summed E-state index contributed by atoms with van der Waals surface area (Å²) in [6, 6.07) is 23.6. The first kappa shape index (κ1) is 23.1. The Balaban J connectivity index is 1.84. The van der Waals surface area contributed by atoms with E-state index in [-0.39, 0.29) is 0 Å². The Hall–Kier alpha value is -2.54. The number of benzene rings is 3. The number of hydrogen-bond acceptors (Lipinski definition) is 1. The van der Waals surface area contributed by atoms with Gasteiger partial charge in [0.25, 0.3) is 0 Å². The lowest BCUT2D eigenvalue weighted by molar-refractivity contribution is 0.468. The van der Waals surface area contributed by atoms with Crippen molar-refractivity contribution >= 4 is 0 Å². The molecule has 0 aliphatic rings. The van der Waals surface area contributed by atoms with Crippen LogP contribution in [0.5, 0.6) is 5.75 Å². The first-order valence-corrected chi connectivity index (χ1v) is 12.2. The zero-order valence-corrected chi connectivity index (χ0v) is 19.4. The van der Waals surface area contributed by atoms with Gasteiger partial charge in [-0.1, -0.05) is 100 Å². The summed E-state index contributed by atoms with van der Waals surface area (Å²) in [4.78, 5) is 0. The lowest BCUT2D eigenvalue weighted by atomic mass is 9.89. The minimum Gasteiger partial charge on any atom is -0.508 e. The Labute approximate surface area is 189 Å². The minimum absolute atomic E-state index is 0.421. The molecule has 164 valence electrons. The van der Waals surface area contributed by atoms with Crippen LogP contribution in [0.3, 0.4) is 0 Å². The fourth-order valence-corrected chi connectivity index (χ4v) is 4.47. The van der Waals surface area contributed by atoms with Crippen LogP contribution < -0.4 is 0 Å². The highest BCUT2D eigenvalue weighted by atomic mass is 16.3. The van der Waals surface area contributed by atoms with Crippen LogP contribution in [0.25, 0.3) is 0 Å². The molecule has 1 N–H and O–H groups in total. The van der Waals surface area contributed by atoms with Crippen molar-refractivity contribution in [2.24, 2.45) is 0 Å². The Morgan fingerprint density at radius 2 is 1.00 bits per heavy atom. The van der Waals surface area contributed by atoms with Crippen molar-refractivity contribution in [3.63, 3.8) is 0 Å². The summed E-state index contributed by atoms with van der Waals surface area (Å²) in [5.74, 6) is 0.421. The topological polar surface area (TPSA) is 20.2 Å². The van der Waals surface area contributed by atoms with Crippen LogP contribution in [0.1, 0.15) is 85.8 Å². The number of phenols is 1. The van der Waals surface area contributed by atoms with Gasteiger partial charge in [-0.25, -0.2) is 0 Å². The molecule has 31 heavy (non-hydrogen) atoms. The fraction of sp³-hybridized carbons (Fsp3) is 0.400. The Bertz CT molecular complexity index is 941. The van der Waals surface area contributed by atoms with Gasteiger partial charge in [0.1, 0.15) is 5.75 Å². The third kappa shape index (κ3) is 6.72. The van der Waals surface area contributed by atoms with Crippen LogP contribution in [-0.4, -0.2) is 5.11 Å². The van der Waals surface area contributed by atoms with Crippen molar-refractivity contribution in [2.75, 3.05) is 0 Å². The van der Waals surface area contributed by atoms with E-state index in [0.29, 0.717) is 5.75 Å². The van der Waals surface area contributed by atoms with Gasteiger partial charge in [-0.05, 0) is 66.0 Å². The number of phenolic OH excluding ortho intramolecular Hbond substituents is 1. The molecule has 3 aromatic carbocycles. The highest BCUT2D eigenvalue weighted by Crippen LogP contribution is 2.29. The molecule has 0 bridgehead atoms. The summed E-state index contributed by atoms with van der Waals surface area (Å²) in [7, 11) is 0. The van der Waals surface area contributed by atoms with Crippen LogP contribution in [0.15, 0.2) is 66.7 Å². The van der Waals surface area contributed by atoms with Gasteiger partial charge in [-0.3, -0.25) is 0 Å². The molecule has 0 radical (unpaired) electrons. The smallest absolute Gasteiger partial charge is 0.119 e. The monoisotopic (exact) mass is 414 g/mol. The first-order valence-electron chi connectivity index (χ1n) is 12.2. The van der Waals surface area contributed by atoms with Crippen molar-refractivity contribution in [1.29, 1.82) is 0 Å². The van der Waals surface area contributed by atoms with Crippen molar-refractivity contribution in [1.82, 2.24) is 0 Å². The lowest BCUT2D eigenvalue weighted by Crippen LogP contribution is -2.03. The predicted octanol–water partition coefficient (Wildman–Crippen LogP) is 8.04. The third-order valence-corrected chi connectivity index (χ3v) is 6.33. The molecule has 0 aromatic heterocycles. The number of unbranched alkanes of at least 4 members (excludes halogenated alkanes) is 4. The van der Waals surface area contributed by atoms with Crippen LogP contribution in [0, 0.1) is 0 Å². The zero-order valence-electron chi connectivity index (χ0n) is 19.4. The zero-order chi connectivity index (χ0) is 21.9. The summed E-state index contributed by atoms with van der Waals surface area (Å²) in [5.41, 5.74) is 7.93. The average molecular weight is 415 g/mol. The molecule has 0 amide bonds. The maximum atomic E-state index is 10.8. The summed E-state index contributed by atoms with van der Waals surface area (Å²) >= 11 is 0. The van der Waals surface area contributed by atoms with Crippen LogP contribution in [0.2, 0.25) is 0 Å². The molecule has 3 rings (SSSR count). The molecule has 0 saturated heterocycles. The molecule has 0 spiro atoms. The van der Waals surface area contributed by atoms with Crippen LogP contribution >= 0.6 is 0 Å². The van der Waals surface area contributed by atoms with Gasteiger partial charge in [-0.15, -0.1) is 0 Å². The first-order chi connectivity index (χ1) is 15.2. The molecule has 0 aliphatic heterocycles. The van der Waals surface area contributed by atoms with Gasteiger partial charge in [0.05, 0.1) is 0 Å². The van der Waals surface area contributed by atoms with E-state index in [4.69, 9.17) is 0 Å². The van der Waals surface area contributed by atoms with Crippen molar-refractivity contribution in [3.05, 3.63) is 100 Å². The van der Waals surface area contributed by atoms with E-state index in [1.807, 2.05) is 12.1 Å². The largest absolute Gasteiger partial charge is 0.508 e. The summed E-state index contributed by atoms with van der Waals surface area (Å²) < 4.78 is 0. The molecular weight excluding hydrogens is 376 g/mol. The second-order valence-electron chi connectivity index (χ2n) is 8.72. The number of rotatable bonds is 12. The molecule has 0 saturated carbocycles. The molecule has 0 aliphatic carbocycles. The Morgan fingerprint density at radius 3 is 1.55 bits per heavy atom. The Kier molecular flexibility index (Phi) is 9.21. The molecule has 1 nitrogen and oxygen atoms in total. The van der Waals surface area contributed by atoms with Gasteiger partial charge in [0.2, 0.25) is 0 Å². The average Bonchev–Trinajstić information content (AvgIpc) is 2.78. The summed E-state index contributed by atoms with van der Waals surface area (Å²) in [6.45, 7) is 4.51. The van der Waals surface area contributed by atoms with Gasteiger partial charge in [-0.2, -0.15) is 0 Å². The van der Waals surface area contributed by atoms with Crippen molar-refractivity contribution < 1.29 is 5.11 Å². The van der Waals surface area contributed by atoms with Crippen LogP contribution in [0.4, 0.5) is 0 Å². The number of aryl methyl sites for hydroxylation is 2. The molecule has 0 heterocycles. The Morgan fingerprint density at radius 1 is 0.516 bits per heavy atom. The second kappa shape index (κ2) is 12.3. The van der Waals surface area contributed by atoms with E-state index in [1.54, 1.807) is 0 Å². The number of aromatic hydroxyl groups is 1. The summed E-state index contributed by atoms with van der Waals surface area (Å²) in [5, 5.41) is 10.8. The molecule has 0 atom stereocenters. The van der Waals surface area contributed by atoms with E-state index in [9.17, 15) is 5.11 Å². The van der Waals surface area contributed by atoms with E-state index in [1.165, 1.54) is 66.3 Å². The maximum absolute atomic E-state index is 10.8. The van der Waals surface area contributed by atoms with E-state index in [0.717, 1.165) is 31.2 Å². The predicted molar refractivity (Wildman–Crippen MR) is 133 cm³/mol. The standard InChI is InChI=1S/C30H38O/c1-3-5-7-14-24-16-9-11-18-26(24)22-28-20-13-21-30(31)29(28)23-27-19-12-10-17-25(27)15-8-6-4-2/h9-13,16-21,31H,3-8,14-15,22-23H2,1-2H3. The van der Waals surface area contributed by atoms with Gasteiger partial charge in [0, 0.05) is 12.0 Å². The lowest BCUT2D eigenvalue weighted by Gasteiger charge is -2.16. The van der Waals surface area contributed by atoms with Crippen molar-refractivity contribution in [2.45, 2.75) is 78.1 Å². The highest BCUT2D eigenvalue weighted by Gasteiger charge is 2.13. The van der Waals surface area contributed by atoms with E-state index in [2.05, 4.69) is 68.4 Å². The minimum atomic E-state index is 0.421. The fourth-order valence-electron chi connectivity index (χ4n) is 4.47. The normalized spacial score (nSPS) is 11.0. The molecule has 0 fully saturated rings. The highest BCUT2D eigenvalue weighted by molar-refractivity contribution is 5.47. The van der Waals surface area contributed by atoms with E-state index >= 15 is 0 Å². The van der Waals surface area contributed by atoms with Crippen LogP contribution in [-0.2, 0) is 25.7 Å². The second-order valence-corrected chi connectivity index (χ2v) is 8.72. The van der Waals surface area contributed by atoms with Crippen molar-refractivity contribution in [3.8, 4) is 5.75 Å².